The SMILES string of the molecule is C[C@@H](Oc1ccc(Cl)cc1)C(=O)N/N=C\c1ccc(OC(=O)c2ccccc2Cl)cc1. The molecule has 0 saturated carbocycles. The van der Waals surface area contributed by atoms with Crippen molar-refractivity contribution in [2.45, 2.75) is 13.0 Å². The number of hydrogen-bond donors (Lipinski definition) is 1. The molecule has 31 heavy (non-hydrogen) atoms. The predicted octanol–water partition coefficient (Wildman–Crippen LogP) is 5.13. The van der Waals surface area contributed by atoms with Crippen LogP contribution >= 0.6 is 23.2 Å². The summed E-state index contributed by atoms with van der Waals surface area (Å²) in [5.41, 5.74) is 3.40. The van der Waals surface area contributed by atoms with Crippen LogP contribution in [0.1, 0.15) is 22.8 Å². The van der Waals surface area contributed by atoms with E-state index in [0.717, 1.165) is 0 Å². The minimum atomic E-state index is -0.745. The Morgan fingerprint density at radius 1 is 0.935 bits per heavy atom. The molecular weight excluding hydrogens is 439 g/mol. The number of nitrogens with one attached hydrogen (secondary N) is 1. The molecule has 3 aromatic carbocycles. The molecule has 0 aliphatic rings. The first-order valence-corrected chi connectivity index (χ1v) is 10.00. The molecule has 0 heterocycles. The lowest BCUT2D eigenvalue weighted by Crippen LogP contribution is -2.33. The highest BCUT2D eigenvalue weighted by molar-refractivity contribution is 6.33. The van der Waals surface area contributed by atoms with Gasteiger partial charge in [0.25, 0.3) is 5.91 Å². The second-order valence-corrected chi connectivity index (χ2v) is 7.23. The van der Waals surface area contributed by atoms with Crippen LogP contribution in [0, 0.1) is 0 Å². The van der Waals surface area contributed by atoms with Gasteiger partial charge in [0.1, 0.15) is 11.5 Å². The van der Waals surface area contributed by atoms with Crippen molar-refractivity contribution in [3.8, 4) is 11.5 Å². The maximum Gasteiger partial charge on any atom is 0.345 e. The first-order valence-electron chi connectivity index (χ1n) is 9.24. The molecule has 0 bridgehead atoms. The van der Waals surface area contributed by atoms with E-state index in [1.54, 1.807) is 79.7 Å². The van der Waals surface area contributed by atoms with Gasteiger partial charge >= 0.3 is 5.97 Å². The van der Waals surface area contributed by atoms with E-state index >= 15 is 0 Å². The first kappa shape index (κ1) is 22.3. The number of halogens is 2. The van der Waals surface area contributed by atoms with E-state index in [0.29, 0.717) is 27.1 Å². The molecule has 0 fully saturated rings. The first-order chi connectivity index (χ1) is 14.9. The van der Waals surface area contributed by atoms with Crippen LogP contribution in [0.5, 0.6) is 11.5 Å². The van der Waals surface area contributed by atoms with Crippen LogP contribution in [0.15, 0.2) is 77.9 Å². The summed E-state index contributed by atoms with van der Waals surface area (Å²) in [5, 5.41) is 4.82. The quantitative estimate of drug-likeness (QED) is 0.231. The number of carbonyl (C=O) groups is 2. The number of carbonyl (C=O) groups excluding carboxylic acids is 2. The Balaban J connectivity index is 1.51. The Kier molecular flexibility index (Phi) is 7.65. The summed E-state index contributed by atoms with van der Waals surface area (Å²) in [6.45, 7) is 1.61. The fraction of sp³-hybridized carbons (Fsp3) is 0.0870. The van der Waals surface area contributed by atoms with Crippen molar-refractivity contribution in [2.24, 2.45) is 5.10 Å². The lowest BCUT2D eigenvalue weighted by atomic mass is 10.2. The van der Waals surface area contributed by atoms with Crippen LogP contribution in [0.25, 0.3) is 0 Å². The zero-order chi connectivity index (χ0) is 22.2. The van der Waals surface area contributed by atoms with Crippen molar-refractivity contribution in [1.82, 2.24) is 5.43 Å². The fourth-order valence-corrected chi connectivity index (χ4v) is 2.78. The zero-order valence-corrected chi connectivity index (χ0v) is 17.9. The minimum absolute atomic E-state index is 0.285. The highest BCUT2D eigenvalue weighted by Gasteiger charge is 2.14. The Hall–Kier alpha value is -3.35. The zero-order valence-electron chi connectivity index (χ0n) is 16.4. The molecule has 6 nitrogen and oxygen atoms in total. The number of benzene rings is 3. The Morgan fingerprint density at radius 3 is 2.26 bits per heavy atom. The number of esters is 1. The average molecular weight is 457 g/mol. The maximum absolute atomic E-state index is 12.2. The van der Waals surface area contributed by atoms with Crippen LogP contribution < -0.4 is 14.9 Å². The van der Waals surface area contributed by atoms with Gasteiger partial charge in [0.2, 0.25) is 0 Å². The molecule has 1 atom stereocenters. The molecule has 0 saturated heterocycles. The molecule has 0 unspecified atom stereocenters. The number of nitrogens with zero attached hydrogens (tertiary/aromatic N) is 1. The van der Waals surface area contributed by atoms with Gasteiger partial charge in [-0.15, -0.1) is 0 Å². The maximum atomic E-state index is 12.2. The summed E-state index contributed by atoms with van der Waals surface area (Å²) in [5.74, 6) is -0.0699. The molecule has 158 valence electrons. The molecule has 3 rings (SSSR count). The number of amides is 1. The fourth-order valence-electron chi connectivity index (χ4n) is 2.44. The van der Waals surface area contributed by atoms with Crippen molar-refractivity contribution in [3.63, 3.8) is 0 Å². The number of hydrazone groups is 1. The second kappa shape index (κ2) is 10.6. The van der Waals surface area contributed by atoms with Crippen LogP contribution in [0.4, 0.5) is 0 Å². The normalized spacial score (nSPS) is 11.7. The van der Waals surface area contributed by atoms with E-state index in [1.807, 2.05) is 0 Å². The lowest BCUT2D eigenvalue weighted by molar-refractivity contribution is -0.127. The van der Waals surface area contributed by atoms with Gasteiger partial charge in [0.15, 0.2) is 6.10 Å². The van der Waals surface area contributed by atoms with Crippen LogP contribution in [0.2, 0.25) is 10.0 Å². The lowest BCUT2D eigenvalue weighted by Gasteiger charge is -2.12. The van der Waals surface area contributed by atoms with Crippen molar-refractivity contribution in [2.75, 3.05) is 0 Å². The Morgan fingerprint density at radius 2 is 1.58 bits per heavy atom. The van der Waals surface area contributed by atoms with E-state index in [9.17, 15) is 9.59 Å². The van der Waals surface area contributed by atoms with E-state index in [-0.39, 0.29) is 5.56 Å². The van der Waals surface area contributed by atoms with E-state index in [4.69, 9.17) is 32.7 Å². The minimum Gasteiger partial charge on any atom is -0.481 e. The third kappa shape index (κ3) is 6.57. The molecule has 0 radical (unpaired) electrons. The summed E-state index contributed by atoms with van der Waals surface area (Å²) in [4.78, 5) is 24.3. The van der Waals surface area contributed by atoms with Crippen molar-refractivity contribution >= 4 is 41.3 Å². The summed E-state index contributed by atoms with van der Waals surface area (Å²) in [6, 6.07) is 20.0. The second-order valence-electron chi connectivity index (χ2n) is 6.39. The molecule has 0 spiro atoms. The van der Waals surface area contributed by atoms with E-state index in [2.05, 4.69) is 10.5 Å². The summed E-state index contributed by atoms with van der Waals surface area (Å²) >= 11 is 11.8. The number of hydrogen-bond acceptors (Lipinski definition) is 5. The molecule has 1 amide bonds. The van der Waals surface area contributed by atoms with Crippen LogP contribution in [0.3, 0.4) is 0 Å². The van der Waals surface area contributed by atoms with Gasteiger partial charge in [-0.3, -0.25) is 4.79 Å². The van der Waals surface area contributed by atoms with Gasteiger partial charge in [-0.1, -0.05) is 35.3 Å². The smallest absolute Gasteiger partial charge is 0.345 e. The van der Waals surface area contributed by atoms with E-state index < -0.39 is 18.0 Å². The number of rotatable bonds is 7. The van der Waals surface area contributed by atoms with Crippen LogP contribution in [-0.4, -0.2) is 24.2 Å². The molecule has 1 N–H and O–H groups in total. The van der Waals surface area contributed by atoms with Crippen molar-refractivity contribution < 1.29 is 19.1 Å². The topological polar surface area (TPSA) is 77.0 Å². The number of ether oxygens (including phenoxy) is 2. The Labute approximate surface area is 189 Å². The molecule has 3 aromatic rings. The van der Waals surface area contributed by atoms with Gasteiger partial charge in [-0.25, -0.2) is 10.2 Å². The van der Waals surface area contributed by atoms with Gasteiger partial charge in [0.05, 0.1) is 16.8 Å². The molecule has 8 heteroatoms. The van der Waals surface area contributed by atoms with Crippen LogP contribution in [-0.2, 0) is 4.79 Å². The van der Waals surface area contributed by atoms with Gasteiger partial charge in [-0.2, -0.15) is 5.10 Å². The molecule has 0 aliphatic carbocycles. The third-order valence-corrected chi connectivity index (χ3v) is 4.65. The highest BCUT2D eigenvalue weighted by atomic mass is 35.5. The van der Waals surface area contributed by atoms with Crippen molar-refractivity contribution in [3.05, 3.63) is 94.0 Å². The third-order valence-electron chi connectivity index (χ3n) is 4.07. The van der Waals surface area contributed by atoms with E-state index in [1.165, 1.54) is 6.21 Å². The Bertz CT molecular complexity index is 1080. The average Bonchev–Trinajstić information content (AvgIpc) is 2.76. The van der Waals surface area contributed by atoms with Gasteiger partial charge in [0, 0.05) is 5.02 Å². The summed E-state index contributed by atoms with van der Waals surface area (Å²) in [6.07, 6.45) is 0.719. The highest BCUT2D eigenvalue weighted by Crippen LogP contribution is 2.19. The molecule has 0 aliphatic heterocycles. The standard InChI is InChI=1S/C23H18Cl2N2O4/c1-15(30-18-12-8-17(24)9-13-18)22(28)27-26-14-16-6-10-19(11-7-16)31-23(29)20-4-2-3-5-21(20)25/h2-15H,1H3,(H,27,28)/b26-14-/t15-/m1/s1. The summed E-state index contributed by atoms with van der Waals surface area (Å²) < 4.78 is 10.8. The van der Waals surface area contributed by atoms with Gasteiger partial charge < -0.3 is 9.47 Å². The summed E-state index contributed by atoms with van der Waals surface area (Å²) in [7, 11) is 0. The van der Waals surface area contributed by atoms with Crippen molar-refractivity contribution in [1.29, 1.82) is 0 Å². The monoisotopic (exact) mass is 456 g/mol. The molecule has 0 aromatic heterocycles. The predicted molar refractivity (Wildman–Crippen MR) is 120 cm³/mol. The molecular formula is C23H18Cl2N2O4. The largest absolute Gasteiger partial charge is 0.481 e. The van der Waals surface area contributed by atoms with Gasteiger partial charge in [-0.05, 0) is 73.2 Å².